The summed E-state index contributed by atoms with van der Waals surface area (Å²) >= 11 is 1.55. The van der Waals surface area contributed by atoms with Gasteiger partial charge < -0.3 is 15.7 Å². The van der Waals surface area contributed by atoms with Crippen molar-refractivity contribution in [1.29, 1.82) is 0 Å². The molecule has 1 amide bonds. The van der Waals surface area contributed by atoms with E-state index in [0.29, 0.717) is 6.42 Å². The van der Waals surface area contributed by atoms with E-state index in [4.69, 9.17) is 5.73 Å². The van der Waals surface area contributed by atoms with Gasteiger partial charge in [0.05, 0.1) is 17.0 Å². The number of fused-ring (bicyclic) bond motifs is 1. The second-order valence-electron chi connectivity index (χ2n) is 4.30. The molecule has 0 aliphatic carbocycles. The normalized spacial score (nSPS) is 34.5. The van der Waals surface area contributed by atoms with Gasteiger partial charge in [0.25, 0.3) is 0 Å². The monoisotopic (exact) mass is 244 g/mol. The lowest BCUT2D eigenvalue weighted by atomic mass is 9.99. The first-order valence-corrected chi connectivity index (χ1v) is 6.45. The first-order valence-electron chi connectivity index (χ1n) is 5.51. The maximum atomic E-state index is 11.4. The van der Waals surface area contributed by atoms with Gasteiger partial charge in [-0.05, 0) is 6.42 Å². The van der Waals surface area contributed by atoms with E-state index >= 15 is 0 Å². The molecule has 0 bridgehead atoms. The Labute approximate surface area is 98.4 Å². The highest BCUT2D eigenvalue weighted by Gasteiger charge is 2.55. The van der Waals surface area contributed by atoms with Gasteiger partial charge in [0.15, 0.2) is 0 Å². The predicted molar refractivity (Wildman–Crippen MR) is 60.9 cm³/mol. The zero-order valence-electron chi connectivity index (χ0n) is 9.13. The number of carbonyl (C=O) groups excluding carboxylic acids is 1. The van der Waals surface area contributed by atoms with Crippen LogP contribution in [0.2, 0.25) is 0 Å². The minimum absolute atomic E-state index is 0.0431. The number of rotatable bonds is 4. The molecule has 0 saturated carbocycles. The molecule has 0 aromatic heterocycles. The molecular formula is C10H16N2O3S. The summed E-state index contributed by atoms with van der Waals surface area (Å²) < 4.78 is 0. The van der Waals surface area contributed by atoms with Crippen molar-refractivity contribution in [1.82, 2.24) is 4.90 Å². The Balaban J connectivity index is 2.13. The summed E-state index contributed by atoms with van der Waals surface area (Å²) in [6.07, 6.45) is 2.20. The lowest BCUT2D eigenvalue weighted by molar-refractivity contribution is -0.156. The fourth-order valence-electron chi connectivity index (χ4n) is 2.36. The van der Waals surface area contributed by atoms with Crippen LogP contribution in [0, 0.1) is 0 Å². The van der Waals surface area contributed by atoms with Crippen molar-refractivity contribution >= 4 is 23.6 Å². The Morgan fingerprint density at radius 3 is 2.94 bits per heavy atom. The largest absolute Gasteiger partial charge is 0.480 e. The topological polar surface area (TPSA) is 83.6 Å². The van der Waals surface area contributed by atoms with E-state index in [9.17, 15) is 14.7 Å². The molecular weight excluding hydrogens is 228 g/mol. The highest BCUT2D eigenvalue weighted by atomic mass is 32.2. The smallest absolute Gasteiger partial charge is 0.327 e. The van der Waals surface area contributed by atoms with Gasteiger partial charge in [-0.25, -0.2) is 4.79 Å². The number of β-lactam (4-membered cyclic amide) rings is 1. The Morgan fingerprint density at radius 2 is 2.44 bits per heavy atom. The zero-order valence-corrected chi connectivity index (χ0v) is 9.94. The quantitative estimate of drug-likeness (QED) is 0.692. The second-order valence-corrected chi connectivity index (χ2v) is 5.66. The summed E-state index contributed by atoms with van der Waals surface area (Å²) in [7, 11) is 0. The Bertz CT molecular complexity index is 323. The van der Waals surface area contributed by atoms with Crippen molar-refractivity contribution in [3.63, 3.8) is 0 Å². The van der Waals surface area contributed by atoms with Crippen molar-refractivity contribution in [3.05, 3.63) is 0 Å². The number of carboxylic acids is 1. The fraction of sp³-hybridized carbons (Fsp3) is 0.800. The number of amides is 1. The summed E-state index contributed by atoms with van der Waals surface area (Å²) in [5, 5.41) is 9.06. The fourth-order valence-corrected chi connectivity index (χ4v) is 4.07. The molecule has 5 nitrogen and oxygen atoms in total. The van der Waals surface area contributed by atoms with Crippen LogP contribution < -0.4 is 5.73 Å². The molecule has 2 aliphatic rings. The Kier molecular flexibility index (Phi) is 3.12. The number of carbonyl (C=O) groups is 2. The van der Waals surface area contributed by atoms with Crippen LogP contribution in [0.4, 0.5) is 0 Å². The molecule has 0 spiro atoms. The number of aliphatic carboxylic acids is 1. The van der Waals surface area contributed by atoms with Gasteiger partial charge in [-0.2, -0.15) is 0 Å². The lowest BCUT2D eigenvalue weighted by Gasteiger charge is -2.36. The summed E-state index contributed by atoms with van der Waals surface area (Å²) in [5.74, 6) is -0.990. The molecule has 4 atom stereocenters. The number of thioether (sulfide) groups is 1. The standard InChI is InChI=1S/C10H16N2O3S/c1-2-3-5(11)9-8(10(14)15)12-6(13)4-7(12)16-9/h5,7-9H,2-4,11H2,1H3,(H,14,15)/t5?,7-,8?,9?/m0/s1. The Hall–Kier alpha value is -0.750. The third-order valence-electron chi connectivity index (χ3n) is 3.17. The molecule has 0 aromatic rings. The average Bonchev–Trinajstić information content (AvgIpc) is 2.51. The zero-order chi connectivity index (χ0) is 11.9. The molecule has 6 heteroatoms. The van der Waals surface area contributed by atoms with Gasteiger partial charge in [-0.1, -0.05) is 13.3 Å². The summed E-state index contributed by atoms with van der Waals surface area (Å²) in [6.45, 7) is 2.02. The third kappa shape index (κ3) is 1.69. The van der Waals surface area contributed by atoms with Gasteiger partial charge in [0, 0.05) is 6.04 Å². The van der Waals surface area contributed by atoms with E-state index in [1.54, 1.807) is 11.8 Å². The molecule has 3 unspecified atom stereocenters. The van der Waals surface area contributed by atoms with Crippen LogP contribution in [0.3, 0.4) is 0 Å². The third-order valence-corrected chi connectivity index (χ3v) is 4.80. The van der Waals surface area contributed by atoms with Crippen LogP contribution in [-0.4, -0.2) is 44.6 Å². The van der Waals surface area contributed by atoms with Crippen molar-refractivity contribution in [2.45, 2.75) is 48.9 Å². The van der Waals surface area contributed by atoms with E-state index in [1.165, 1.54) is 4.90 Å². The molecule has 16 heavy (non-hydrogen) atoms. The van der Waals surface area contributed by atoms with Crippen molar-refractivity contribution in [3.8, 4) is 0 Å². The number of hydrogen-bond acceptors (Lipinski definition) is 4. The average molecular weight is 244 g/mol. The number of nitrogens with zero attached hydrogens (tertiary/aromatic N) is 1. The molecule has 3 N–H and O–H groups in total. The maximum Gasteiger partial charge on any atom is 0.327 e. The van der Waals surface area contributed by atoms with Gasteiger partial charge in [-0.15, -0.1) is 11.8 Å². The molecule has 2 fully saturated rings. The van der Waals surface area contributed by atoms with Gasteiger partial charge >= 0.3 is 5.97 Å². The second kappa shape index (κ2) is 4.25. The molecule has 0 radical (unpaired) electrons. The first kappa shape index (κ1) is 11.7. The highest BCUT2D eigenvalue weighted by Crippen LogP contribution is 2.45. The van der Waals surface area contributed by atoms with Crippen LogP contribution in [0.1, 0.15) is 26.2 Å². The molecule has 2 heterocycles. The van der Waals surface area contributed by atoms with E-state index in [2.05, 4.69) is 0 Å². The van der Waals surface area contributed by atoms with Gasteiger partial charge in [-0.3, -0.25) is 4.79 Å². The van der Waals surface area contributed by atoms with Crippen LogP contribution in [-0.2, 0) is 9.59 Å². The number of nitrogens with two attached hydrogens (primary N) is 1. The summed E-state index contributed by atoms with van der Waals surface area (Å²) in [5.41, 5.74) is 5.99. The summed E-state index contributed by atoms with van der Waals surface area (Å²) in [6, 6.07) is -0.868. The molecule has 2 rings (SSSR count). The molecule has 2 aliphatic heterocycles. The molecule has 0 aromatic carbocycles. The van der Waals surface area contributed by atoms with Crippen molar-refractivity contribution in [2.75, 3.05) is 0 Å². The molecule has 90 valence electrons. The van der Waals surface area contributed by atoms with Crippen LogP contribution in [0.25, 0.3) is 0 Å². The van der Waals surface area contributed by atoms with Gasteiger partial charge in [0.1, 0.15) is 6.04 Å². The lowest BCUT2D eigenvalue weighted by Crippen LogP contribution is -2.57. The van der Waals surface area contributed by atoms with E-state index < -0.39 is 12.0 Å². The first-order chi connectivity index (χ1) is 7.56. The van der Waals surface area contributed by atoms with Crippen LogP contribution >= 0.6 is 11.8 Å². The number of hydrogen-bond donors (Lipinski definition) is 2. The van der Waals surface area contributed by atoms with Crippen LogP contribution in [0.5, 0.6) is 0 Å². The minimum atomic E-state index is -0.931. The SMILES string of the molecule is CCCC(N)C1S[C@H]2CC(=O)N2C1C(=O)O. The highest BCUT2D eigenvalue weighted by molar-refractivity contribution is 8.01. The minimum Gasteiger partial charge on any atom is -0.480 e. The number of carboxylic acid groups (broad SMARTS) is 1. The van der Waals surface area contributed by atoms with E-state index in [0.717, 1.165) is 12.8 Å². The van der Waals surface area contributed by atoms with E-state index in [-0.39, 0.29) is 22.6 Å². The van der Waals surface area contributed by atoms with E-state index in [1.807, 2.05) is 6.92 Å². The molecule has 2 saturated heterocycles. The van der Waals surface area contributed by atoms with Crippen molar-refractivity contribution < 1.29 is 14.7 Å². The maximum absolute atomic E-state index is 11.4. The summed E-state index contributed by atoms with van der Waals surface area (Å²) in [4.78, 5) is 24.0. The van der Waals surface area contributed by atoms with Crippen LogP contribution in [0.15, 0.2) is 0 Å². The predicted octanol–water partition coefficient (Wildman–Crippen LogP) is 0.241. The van der Waals surface area contributed by atoms with Crippen molar-refractivity contribution in [2.24, 2.45) is 5.73 Å². The van der Waals surface area contributed by atoms with Gasteiger partial charge in [0.2, 0.25) is 5.91 Å². The Morgan fingerprint density at radius 1 is 1.75 bits per heavy atom.